The number of carbonyl (C=O) groups excluding carboxylic acids is 1. The quantitative estimate of drug-likeness (QED) is 0.795. The van der Waals surface area contributed by atoms with Gasteiger partial charge in [0.1, 0.15) is 0 Å². The van der Waals surface area contributed by atoms with Crippen molar-refractivity contribution in [3.05, 3.63) is 34.7 Å². The molecule has 0 amide bonds. The lowest BCUT2D eigenvalue weighted by atomic mass is 9.67. The van der Waals surface area contributed by atoms with Crippen molar-refractivity contribution in [3.8, 4) is 0 Å². The van der Waals surface area contributed by atoms with Gasteiger partial charge >= 0.3 is 0 Å². The summed E-state index contributed by atoms with van der Waals surface area (Å²) in [4.78, 5) is 23.5. The Hall–Kier alpha value is -1.38. The van der Waals surface area contributed by atoms with Crippen LogP contribution in [-0.2, 0) is 11.3 Å². The van der Waals surface area contributed by atoms with Crippen LogP contribution in [0.3, 0.4) is 0 Å². The van der Waals surface area contributed by atoms with E-state index in [4.69, 9.17) is 0 Å². The molecule has 3 saturated carbocycles. The zero-order chi connectivity index (χ0) is 11.9. The van der Waals surface area contributed by atoms with Gasteiger partial charge in [-0.25, -0.2) is 0 Å². The van der Waals surface area contributed by atoms with E-state index in [2.05, 4.69) is 0 Å². The first kappa shape index (κ1) is 10.8. The molecule has 0 aliphatic heterocycles. The Bertz CT molecular complexity index is 491. The molecule has 1 aromatic rings. The summed E-state index contributed by atoms with van der Waals surface area (Å²) >= 11 is 0. The number of aromatic nitrogens is 1. The second-order valence-corrected chi connectivity index (χ2v) is 5.70. The fourth-order valence-electron chi connectivity index (χ4n) is 3.57. The molecule has 3 heteroatoms. The van der Waals surface area contributed by atoms with Crippen LogP contribution in [0.2, 0.25) is 0 Å². The molecule has 3 nitrogen and oxygen atoms in total. The van der Waals surface area contributed by atoms with Crippen molar-refractivity contribution in [1.29, 1.82) is 0 Å². The van der Waals surface area contributed by atoms with E-state index in [1.807, 2.05) is 0 Å². The van der Waals surface area contributed by atoms with Crippen molar-refractivity contribution in [1.82, 2.24) is 4.57 Å². The number of pyridine rings is 1. The summed E-state index contributed by atoms with van der Waals surface area (Å²) in [7, 11) is 0. The molecule has 0 atom stereocenters. The van der Waals surface area contributed by atoms with Crippen LogP contribution in [0.15, 0.2) is 29.2 Å². The van der Waals surface area contributed by atoms with E-state index >= 15 is 0 Å². The highest BCUT2D eigenvalue weighted by molar-refractivity contribution is 5.79. The minimum atomic E-state index is -0.0868. The first-order chi connectivity index (χ1) is 8.17. The van der Waals surface area contributed by atoms with E-state index in [0.717, 1.165) is 5.92 Å². The molecule has 0 radical (unpaired) electrons. The molecule has 90 valence electrons. The highest BCUT2D eigenvalue weighted by atomic mass is 16.1. The normalized spacial score (nSPS) is 30.0. The summed E-state index contributed by atoms with van der Waals surface area (Å²) in [6, 6.07) is 5.00. The topological polar surface area (TPSA) is 39.1 Å². The maximum Gasteiger partial charge on any atom is 0.250 e. The second-order valence-electron chi connectivity index (χ2n) is 5.70. The number of nitrogens with zero attached hydrogens (tertiary/aromatic N) is 1. The number of fused-ring (bicyclic) bond motifs is 1. The minimum absolute atomic E-state index is 0.0868. The van der Waals surface area contributed by atoms with E-state index in [1.165, 1.54) is 36.3 Å². The van der Waals surface area contributed by atoms with Gasteiger partial charge < -0.3 is 4.57 Å². The summed E-state index contributed by atoms with van der Waals surface area (Å²) < 4.78 is 1.50. The third-order valence-corrected chi connectivity index (χ3v) is 4.34. The highest BCUT2D eigenvalue weighted by Gasteiger charge is 2.50. The molecular formula is C14H17NO2. The standard InChI is InChI=1S/C14H17NO2/c16-12(9-14-5-4-11(7-14)8-14)10-15-6-2-1-3-13(15)17/h1-3,6,11H,4-5,7-10H2. The predicted molar refractivity (Wildman–Crippen MR) is 64.7 cm³/mol. The molecule has 2 bridgehead atoms. The van der Waals surface area contributed by atoms with Gasteiger partial charge in [0.2, 0.25) is 0 Å². The molecule has 3 fully saturated rings. The van der Waals surface area contributed by atoms with E-state index in [1.54, 1.807) is 18.3 Å². The van der Waals surface area contributed by atoms with Crippen molar-refractivity contribution in [2.75, 3.05) is 0 Å². The zero-order valence-electron chi connectivity index (χ0n) is 9.89. The molecule has 4 rings (SSSR count). The number of hydrogen-bond acceptors (Lipinski definition) is 2. The van der Waals surface area contributed by atoms with Gasteiger partial charge in [-0.3, -0.25) is 9.59 Å². The summed E-state index contributed by atoms with van der Waals surface area (Å²) in [6.45, 7) is 0.242. The maximum atomic E-state index is 12.0. The van der Waals surface area contributed by atoms with Crippen molar-refractivity contribution >= 4 is 5.78 Å². The van der Waals surface area contributed by atoms with Gasteiger partial charge in [-0.1, -0.05) is 6.07 Å². The largest absolute Gasteiger partial charge is 0.308 e. The highest BCUT2D eigenvalue weighted by Crippen LogP contribution is 2.60. The van der Waals surface area contributed by atoms with Crippen molar-refractivity contribution < 1.29 is 4.79 Å². The zero-order valence-corrected chi connectivity index (χ0v) is 9.89. The number of hydrogen-bond donors (Lipinski definition) is 0. The SMILES string of the molecule is O=C(Cn1ccccc1=O)CC12CCC(C1)C2. The molecule has 3 aliphatic rings. The number of ketones is 1. The summed E-state index contributed by atoms with van der Waals surface area (Å²) in [5.41, 5.74) is 0.233. The van der Waals surface area contributed by atoms with Gasteiger partial charge in [0.15, 0.2) is 5.78 Å². The fraction of sp³-hybridized carbons (Fsp3) is 0.571. The van der Waals surface area contributed by atoms with Gasteiger partial charge in [0.25, 0.3) is 5.56 Å². The molecule has 0 unspecified atom stereocenters. The molecule has 0 spiro atoms. The molecule has 3 aliphatic carbocycles. The Morgan fingerprint density at radius 1 is 1.41 bits per heavy atom. The maximum absolute atomic E-state index is 12.0. The van der Waals surface area contributed by atoms with Crippen LogP contribution >= 0.6 is 0 Å². The van der Waals surface area contributed by atoms with Gasteiger partial charge in [-0.05, 0) is 43.1 Å². The number of carbonyl (C=O) groups is 1. The molecule has 17 heavy (non-hydrogen) atoms. The molecule has 1 heterocycles. The number of Topliss-reactive ketones (excluding diaryl/α,β-unsaturated/α-hetero) is 1. The van der Waals surface area contributed by atoms with Crippen LogP contribution < -0.4 is 5.56 Å². The van der Waals surface area contributed by atoms with E-state index < -0.39 is 0 Å². The third kappa shape index (κ3) is 1.94. The molecule has 0 N–H and O–H groups in total. The smallest absolute Gasteiger partial charge is 0.250 e. The molecule has 1 aromatic heterocycles. The third-order valence-electron chi connectivity index (χ3n) is 4.34. The minimum Gasteiger partial charge on any atom is -0.308 e. The Morgan fingerprint density at radius 3 is 2.88 bits per heavy atom. The lowest BCUT2D eigenvalue weighted by Gasteiger charge is -2.38. The van der Waals surface area contributed by atoms with E-state index in [0.29, 0.717) is 11.8 Å². The Labute approximate surface area is 100 Å². The van der Waals surface area contributed by atoms with Crippen molar-refractivity contribution in [3.63, 3.8) is 0 Å². The lowest BCUT2D eigenvalue weighted by Crippen LogP contribution is -2.32. The van der Waals surface area contributed by atoms with Crippen molar-refractivity contribution in [2.24, 2.45) is 11.3 Å². The van der Waals surface area contributed by atoms with Crippen LogP contribution in [0.25, 0.3) is 0 Å². The van der Waals surface area contributed by atoms with Gasteiger partial charge in [0.05, 0.1) is 6.54 Å². The van der Waals surface area contributed by atoms with E-state index in [-0.39, 0.29) is 17.9 Å². The molecular weight excluding hydrogens is 214 g/mol. The predicted octanol–water partition coefficient (Wildman–Crippen LogP) is 2.00. The van der Waals surface area contributed by atoms with E-state index in [9.17, 15) is 9.59 Å². The number of rotatable bonds is 4. The average molecular weight is 231 g/mol. The van der Waals surface area contributed by atoms with Crippen LogP contribution in [0.1, 0.15) is 32.1 Å². The Kier molecular flexibility index (Phi) is 2.42. The fourth-order valence-corrected chi connectivity index (χ4v) is 3.57. The van der Waals surface area contributed by atoms with Gasteiger partial charge in [-0.2, -0.15) is 0 Å². The van der Waals surface area contributed by atoms with Gasteiger partial charge in [0, 0.05) is 18.7 Å². The van der Waals surface area contributed by atoms with Crippen LogP contribution in [-0.4, -0.2) is 10.4 Å². The van der Waals surface area contributed by atoms with Crippen LogP contribution in [0, 0.1) is 11.3 Å². The summed E-state index contributed by atoms with van der Waals surface area (Å²) in [5, 5.41) is 0. The molecule has 0 aromatic carbocycles. The second kappa shape index (κ2) is 3.83. The lowest BCUT2D eigenvalue weighted by molar-refractivity contribution is -0.123. The summed E-state index contributed by atoms with van der Waals surface area (Å²) in [5.74, 6) is 1.10. The first-order valence-corrected chi connectivity index (χ1v) is 6.34. The average Bonchev–Trinajstić information content (AvgIpc) is 2.80. The van der Waals surface area contributed by atoms with Crippen LogP contribution in [0.4, 0.5) is 0 Å². The van der Waals surface area contributed by atoms with Gasteiger partial charge in [-0.15, -0.1) is 0 Å². The van der Waals surface area contributed by atoms with Crippen molar-refractivity contribution in [2.45, 2.75) is 38.6 Å². The summed E-state index contributed by atoms with van der Waals surface area (Å²) in [6.07, 6.45) is 7.36. The molecule has 0 saturated heterocycles. The Morgan fingerprint density at radius 2 is 2.24 bits per heavy atom. The first-order valence-electron chi connectivity index (χ1n) is 6.34. The Balaban J connectivity index is 1.64. The monoisotopic (exact) mass is 231 g/mol. The van der Waals surface area contributed by atoms with Crippen LogP contribution in [0.5, 0.6) is 0 Å².